The van der Waals surface area contributed by atoms with Crippen molar-refractivity contribution in [3.8, 4) is 0 Å². The number of thiazole rings is 1. The largest absolute Gasteiger partial charge is 0.353 e. The molecule has 0 unspecified atom stereocenters. The number of aromatic nitrogens is 1. The van der Waals surface area contributed by atoms with E-state index in [0.29, 0.717) is 37.5 Å². The molecule has 2 fully saturated rings. The molecule has 2 amide bonds. The maximum atomic E-state index is 12.6. The molecule has 2 aliphatic heterocycles. The Bertz CT molecular complexity index is 565. The fraction of sp³-hybridized carbons (Fsp3) is 0.688. The number of hydrogen-bond donors (Lipinski definition) is 1. The number of rotatable bonds is 3. The van der Waals surface area contributed by atoms with Crippen LogP contribution in [-0.2, 0) is 4.79 Å². The van der Waals surface area contributed by atoms with Crippen molar-refractivity contribution >= 4 is 23.2 Å². The van der Waals surface area contributed by atoms with Crippen molar-refractivity contribution in [3.63, 3.8) is 0 Å². The third kappa shape index (κ3) is 3.12. The summed E-state index contributed by atoms with van der Waals surface area (Å²) in [6.07, 6.45) is 1.39. The van der Waals surface area contributed by atoms with Gasteiger partial charge in [0.25, 0.3) is 5.91 Å². The normalized spacial score (nSPS) is 21.7. The highest BCUT2D eigenvalue weighted by molar-refractivity contribution is 7.07. The van der Waals surface area contributed by atoms with Crippen molar-refractivity contribution < 1.29 is 9.59 Å². The Morgan fingerprint density at radius 1 is 1.39 bits per heavy atom. The molecule has 126 valence electrons. The molecule has 0 radical (unpaired) electrons. The van der Waals surface area contributed by atoms with Gasteiger partial charge in [0.2, 0.25) is 5.91 Å². The molecule has 1 aromatic rings. The van der Waals surface area contributed by atoms with Crippen LogP contribution in [-0.4, -0.2) is 64.9 Å². The predicted molar refractivity (Wildman–Crippen MR) is 89.4 cm³/mol. The maximum Gasteiger partial charge on any atom is 0.273 e. The lowest BCUT2D eigenvalue weighted by molar-refractivity contribution is -0.141. The molecule has 2 aliphatic rings. The van der Waals surface area contributed by atoms with E-state index >= 15 is 0 Å². The van der Waals surface area contributed by atoms with E-state index < -0.39 is 5.54 Å². The lowest BCUT2D eigenvalue weighted by Gasteiger charge is -2.50. The Morgan fingerprint density at radius 2 is 2.13 bits per heavy atom. The predicted octanol–water partition coefficient (Wildman–Crippen LogP) is 1.21. The molecule has 0 aliphatic carbocycles. The fourth-order valence-electron chi connectivity index (χ4n) is 3.64. The molecule has 7 heteroatoms. The summed E-state index contributed by atoms with van der Waals surface area (Å²) in [6.45, 7) is 8.12. The minimum Gasteiger partial charge on any atom is -0.353 e. The molecule has 2 saturated heterocycles. The molecule has 3 heterocycles. The summed E-state index contributed by atoms with van der Waals surface area (Å²) >= 11 is 1.43. The summed E-state index contributed by atoms with van der Waals surface area (Å²) in [5.41, 5.74) is 1.75. The minimum absolute atomic E-state index is 0.0206. The van der Waals surface area contributed by atoms with Crippen LogP contribution in [0.2, 0.25) is 0 Å². The minimum atomic E-state index is -0.443. The maximum absolute atomic E-state index is 12.6. The van der Waals surface area contributed by atoms with E-state index in [2.05, 4.69) is 29.0 Å². The van der Waals surface area contributed by atoms with Gasteiger partial charge in [0.1, 0.15) is 11.2 Å². The van der Waals surface area contributed by atoms with Crippen LogP contribution in [0.15, 0.2) is 10.9 Å². The van der Waals surface area contributed by atoms with E-state index in [0.717, 1.165) is 19.6 Å². The molecule has 1 aromatic heterocycles. The number of carbonyl (C=O) groups is 2. The molecule has 0 aromatic carbocycles. The zero-order valence-electron chi connectivity index (χ0n) is 13.7. The quantitative estimate of drug-likeness (QED) is 0.901. The Labute approximate surface area is 140 Å². The van der Waals surface area contributed by atoms with Gasteiger partial charge in [0.05, 0.1) is 5.51 Å². The zero-order chi connectivity index (χ0) is 16.4. The van der Waals surface area contributed by atoms with Crippen molar-refractivity contribution in [1.29, 1.82) is 0 Å². The van der Waals surface area contributed by atoms with Gasteiger partial charge in [-0.2, -0.15) is 0 Å². The molecule has 6 nitrogen and oxygen atoms in total. The van der Waals surface area contributed by atoms with Gasteiger partial charge >= 0.3 is 0 Å². The summed E-state index contributed by atoms with van der Waals surface area (Å²) < 4.78 is 0. The summed E-state index contributed by atoms with van der Waals surface area (Å²) in [7, 11) is 0. The van der Waals surface area contributed by atoms with Gasteiger partial charge in [0, 0.05) is 38.1 Å². The van der Waals surface area contributed by atoms with Gasteiger partial charge in [-0.1, -0.05) is 13.8 Å². The van der Waals surface area contributed by atoms with Crippen LogP contribution in [0.4, 0.5) is 0 Å². The smallest absolute Gasteiger partial charge is 0.273 e. The first-order chi connectivity index (χ1) is 11.0. The Morgan fingerprint density at radius 3 is 2.74 bits per heavy atom. The van der Waals surface area contributed by atoms with Gasteiger partial charge in [0.15, 0.2) is 0 Å². The summed E-state index contributed by atoms with van der Waals surface area (Å²) in [5.74, 6) is 0.630. The SMILES string of the molecule is CC(C)CN1CCNC(=O)C12CCN(C(=O)c1cscn1)CC2. The Balaban J connectivity index is 1.71. The van der Waals surface area contributed by atoms with E-state index in [4.69, 9.17) is 0 Å². The van der Waals surface area contributed by atoms with Crippen LogP contribution >= 0.6 is 11.3 Å². The zero-order valence-corrected chi connectivity index (χ0v) is 14.6. The standard InChI is InChI=1S/C16H24N4O2S/c1-12(2)9-20-8-5-17-15(22)16(20)3-6-19(7-4-16)14(21)13-10-23-11-18-13/h10-12H,3-9H2,1-2H3,(H,17,22). The van der Waals surface area contributed by atoms with Crippen LogP contribution in [0.25, 0.3) is 0 Å². The second-order valence-corrected chi connectivity index (χ2v) is 7.51. The molecular weight excluding hydrogens is 312 g/mol. The van der Waals surface area contributed by atoms with Crippen LogP contribution in [0.5, 0.6) is 0 Å². The van der Waals surface area contributed by atoms with Gasteiger partial charge in [-0.3, -0.25) is 14.5 Å². The Hall–Kier alpha value is -1.47. The van der Waals surface area contributed by atoms with Gasteiger partial charge in [-0.25, -0.2) is 4.98 Å². The molecule has 3 rings (SSSR count). The average molecular weight is 336 g/mol. The van der Waals surface area contributed by atoms with E-state index in [1.165, 1.54) is 11.3 Å². The van der Waals surface area contributed by atoms with E-state index in [1.807, 2.05) is 4.90 Å². The number of piperidine rings is 1. The third-order valence-corrected chi connectivity index (χ3v) is 5.40. The highest BCUT2D eigenvalue weighted by Crippen LogP contribution is 2.32. The molecule has 23 heavy (non-hydrogen) atoms. The molecule has 0 bridgehead atoms. The second-order valence-electron chi connectivity index (χ2n) is 6.79. The van der Waals surface area contributed by atoms with Crippen molar-refractivity contribution in [2.75, 3.05) is 32.7 Å². The molecule has 1 spiro atoms. The van der Waals surface area contributed by atoms with Crippen molar-refractivity contribution in [2.24, 2.45) is 5.92 Å². The molecular formula is C16H24N4O2S. The van der Waals surface area contributed by atoms with Crippen molar-refractivity contribution in [3.05, 3.63) is 16.6 Å². The second kappa shape index (κ2) is 6.57. The first kappa shape index (κ1) is 16.4. The van der Waals surface area contributed by atoms with Gasteiger partial charge in [-0.15, -0.1) is 11.3 Å². The average Bonchev–Trinajstić information content (AvgIpc) is 3.06. The van der Waals surface area contributed by atoms with E-state index in [1.54, 1.807) is 10.9 Å². The number of nitrogens with zero attached hydrogens (tertiary/aromatic N) is 3. The van der Waals surface area contributed by atoms with Crippen LogP contribution < -0.4 is 5.32 Å². The van der Waals surface area contributed by atoms with Crippen molar-refractivity contribution in [2.45, 2.75) is 32.2 Å². The number of nitrogens with one attached hydrogen (secondary N) is 1. The summed E-state index contributed by atoms with van der Waals surface area (Å²) in [5, 5.41) is 4.81. The number of amides is 2. The number of hydrogen-bond acceptors (Lipinski definition) is 5. The lowest BCUT2D eigenvalue weighted by atomic mass is 9.82. The first-order valence-electron chi connectivity index (χ1n) is 8.24. The summed E-state index contributed by atoms with van der Waals surface area (Å²) in [6, 6.07) is 0. The van der Waals surface area contributed by atoms with Crippen LogP contribution in [0.1, 0.15) is 37.2 Å². The van der Waals surface area contributed by atoms with Gasteiger partial charge < -0.3 is 10.2 Å². The molecule has 1 N–H and O–H groups in total. The topological polar surface area (TPSA) is 65.5 Å². The monoisotopic (exact) mass is 336 g/mol. The molecule has 0 saturated carbocycles. The van der Waals surface area contributed by atoms with Crippen LogP contribution in [0.3, 0.4) is 0 Å². The highest BCUT2D eigenvalue weighted by atomic mass is 32.1. The fourth-order valence-corrected chi connectivity index (χ4v) is 4.16. The van der Waals surface area contributed by atoms with Crippen LogP contribution in [0, 0.1) is 5.92 Å². The molecule has 0 atom stereocenters. The summed E-state index contributed by atoms with van der Waals surface area (Å²) in [4.78, 5) is 33.3. The third-order valence-electron chi connectivity index (χ3n) is 4.81. The number of piperazine rings is 1. The number of likely N-dealkylation sites (tertiary alicyclic amines) is 1. The Kier molecular flexibility index (Phi) is 4.68. The van der Waals surface area contributed by atoms with Gasteiger partial charge in [-0.05, 0) is 18.8 Å². The van der Waals surface area contributed by atoms with Crippen molar-refractivity contribution in [1.82, 2.24) is 20.1 Å². The lowest BCUT2D eigenvalue weighted by Crippen LogP contribution is -2.68. The highest BCUT2D eigenvalue weighted by Gasteiger charge is 2.48. The van der Waals surface area contributed by atoms with E-state index in [-0.39, 0.29) is 11.8 Å². The van der Waals surface area contributed by atoms with E-state index in [9.17, 15) is 9.59 Å². The number of carbonyl (C=O) groups excluding carboxylic acids is 2. The first-order valence-corrected chi connectivity index (χ1v) is 9.18.